The van der Waals surface area contributed by atoms with Gasteiger partial charge in [-0.3, -0.25) is 19.7 Å². The summed E-state index contributed by atoms with van der Waals surface area (Å²) >= 11 is 0. The van der Waals surface area contributed by atoms with Crippen LogP contribution in [0.25, 0.3) is 0 Å². The first-order valence-corrected chi connectivity index (χ1v) is 7.25. The molecule has 1 aromatic heterocycles. The highest BCUT2D eigenvalue weighted by Gasteiger charge is 2.22. The summed E-state index contributed by atoms with van der Waals surface area (Å²) in [5, 5.41) is 2.93. The van der Waals surface area contributed by atoms with Crippen LogP contribution >= 0.6 is 0 Å². The Kier molecular flexibility index (Phi) is 5.22. The lowest BCUT2D eigenvalue weighted by atomic mass is 10.0. The number of carbonyl (C=O) groups is 1. The third-order valence-corrected chi connectivity index (χ3v) is 3.40. The molecule has 0 fully saturated rings. The molecule has 1 amide bonds. The zero-order chi connectivity index (χ0) is 16.1. The molecule has 2 aromatic rings. The molecule has 0 radical (unpaired) electrons. The lowest BCUT2D eigenvalue weighted by Crippen LogP contribution is -2.36. The van der Waals surface area contributed by atoms with Crippen LogP contribution in [-0.2, 0) is 11.3 Å². The molecule has 5 heteroatoms. The number of aryl methyl sites for hydroxylation is 2. The number of nitrogens with zero attached hydrogens (tertiary/aromatic N) is 3. The fourth-order valence-electron chi connectivity index (χ4n) is 2.31. The summed E-state index contributed by atoms with van der Waals surface area (Å²) in [6.07, 6.45) is 3.39. The van der Waals surface area contributed by atoms with E-state index in [0.29, 0.717) is 6.54 Å². The normalized spacial score (nSPS) is 12.2. The van der Waals surface area contributed by atoms with Crippen molar-refractivity contribution in [1.29, 1.82) is 0 Å². The molecule has 1 aromatic carbocycles. The molecule has 5 nitrogen and oxygen atoms in total. The lowest BCUT2D eigenvalue weighted by Gasteiger charge is -2.24. The van der Waals surface area contributed by atoms with Crippen molar-refractivity contribution in [3.8, 4) is 0 Å². The van der Waals surface area contributed by atoms with Gasteiger partial charge in [-0.2, -0.15) is 0 Å². The van der Waals surface area contributed by atoms with Crippen LogP contribution in [-0.4, -0.2) is 34.9 Å². The Hall–Kier alpha value is -2.27. The van der Waals surface area contributed by atoms with Gasteiger partial charge in [0.2, 0.25) is 5.91 Å². The van der Waals surface area contributed by atoms with E-state index in [0.717, 1.165) is 22.5 Å². The molecule has 0 aliphatic heterocycles. The molecule has 1 N–H and O–H groups in total. The highest BCUT2D eigenvalue weighted by molar-refractivity contribution is 5.83. The number of carbonyl (C=O) groups excluding carboxylic acids is 1. The van der Waals surface area contributed by atoms with E-state index in [4.69, 9.17) is 0 Å². The van der Waals surface area contributed by atoms with Crippen LogP contribution in [0.4, 0.5) is 0 Å². The van der Waals surface area contributed by atoms with Gasteiger partial charge in [0.05, 0.1) is 24.1 Å². The van der Waals surface area contributed by atoms with Gasteiger partial charge in [-0.1, -0.05) is 29.8 Å². The van der Waals surface area contributed by atoms with Crippen LogP contribution in [0.2, 0.25) is 0 Å². The summed E-state index contributed by atoms with van der Waals surface area (Å²) in [6.45, 7) is 4.29. The van der Waals surface area contributed by atoms with Gasteiger partial charge in [0.25, 0.3) is 0 Å². The molecule has 0 saturated heterocycles. The molecule has 116 valence electrons. The molecule has 1 heterocycles. The first-order valence-electron chi connectivity index (χ1n) is 7.25. The smallest absolute Gasteiger partial charge is 0.242 e. The molecule has 0 spiro atoms. The maximum absolute atomic E-state index is 12.5. The highest BCUT2D eigenvalue weighted by Crippen LogP contribution is 2.19. The van der Waals surface area contributed by atoms with Gasteiger partial charge in [-0.15, -0.1) is 0 Å². The van der Waals surface area contributed by atoms with Crippen molar-refractivity contribution in [2.75, 3.05) is 14.1 Å². The number of hydrogen-bond acceptors (Lipinski definition) is 4. The number of amides is 1. The summed E-state index contributed by atoms with van der Waals surface area (Å²) < 4.78 is 0. The van der Waals surface area contributed by atoms with E-state index in [1.807, 2.05) is 57.1 Å². The van der Waals surface area contributed by atoms with Crippen molar-refractivity contribution in [2.24, 2.45) is 0 Å². The largest absolute Gasteiger partial charge is 0.349 e. The van der Waals surface area contributed by atoms with E-state index in [2.05, 4.69) is 15.3 Å². The second kappa shape index (κ2) is 7.13. The molecule has 0 bridgehead atoms. The Morgan fingerprint density at radius 3 is 2.59 bits per heavy atom. The van der Waals surface area contributed by atoms with E-state index in [-0.39, 0.29) is 11.9 Å². The van der Waals surface area contributed by atoms with E-state index >= 15 is 0 Å². The molecule has 0 aliphatic carbocycles. The minimum atomic E-state index is -0.321. The Morgan fingerprint density at radius 2 is 2.00 bits per heavy atom. The average Bonchev–Trinajstić information content (AvgIpc) is 2.46. The number of nitrogens with one attached hydrogen (secondary N) is 1. The molecule has 0 aliphatic rings. The van der Waals surface area contributed by atoms with Gasteiger partial charge in [-0.05, 0) is 33.5 Å². The van der Waals surface area contributed by atoms with Crippen molar-refractivity contribution in [1.82, 2.24) is 20.2 Å². The van der Waals surface area contributed by atoms with Crippen molar-refractivity contribution < 1.29 is 4.79 Å². The standard InChI is InChI=1S/C17H22N4O/c1-12-6-5-7-14(8-12)16(21(3)4)17(22)20-11-15-10-18-13(2)9-19-15/h5-10,16H,11H2,1-4H3,(H,20,22)/t16-/m1/s1. The molecule has 0 unspecified atom stereocenters. The fourth-order valence-corrected chi connectivity index (χ4v) is 2.31. The third-order valence-electron chi connectivity index (χ3n) is 3.40. The van der Waals surface area contributed by atoms with Crippen LogP contribution in [0.15, 0.2) is 36.7 Å². The summed E-state index contributed by atoms with van der Waals surface area (Å²) in [4.78, 5) is 22.9. The lowest BCUT2D eigenvalue weighted by molar-refractivity contribution is -0.126. The minimum Gasteiger partial charge on any atom is -0.349 e. The van der Waals surface area contributed by atoms with Crippen LogP contribution < -0.4 is 5.32 Å². The zero-order valence-electron chi connectivity index (χ0n) is 13.5. The molecular formula is C17H22N4O. The summed E-state index contributed by atoms with van der Waals surface area (Å²) in [6, 6.07) is 7.69. The van der Waals surface area contributed by atoms with Gasteiger partial charge in [0, 0.05) is 6.20 Å². The van der Waals surface area contributed by atoms with Crippen LogP contribution in [0.1, 0.15) is 28.6 Å². The molecule has 22 heavy (non-hydrogen) atoms. The fraction of sp³-hybridized carbons (Fsp3) is 0.353. The Morgan fingerprint density at radius 1 is 1.23 bits per heavy atom. The highest BCUT2D eigenvalue weighted by atomic mass is 16.2. The zero-order valence-corrected chi connectivity index (χ0v) is 13.5. The van der Waals surface area contributed by atoms with Crippen molar-refractivity contribution in [3.05, 3.63) is 59.2 Å². The maximum atomic E-state index is 12.5. The van der Waals surface area contributed by atoms with E-state index in [1.165, 1.54) is 0 Å². The summed E-state index contributed by atoms with van der Waals surface area (Å²) in [5.74, 6) is -0.0435. The predicted molar refractivity (Wildman–Crippen MR) is 86.2 cm³/mol. The Bertz CT molecular complexity index is 637. The van der Waals surface area contributed by atoms with Gasteiger partial charge in [-0.25, -0.2) is 0 Å². The summed E-state index contributed by atoms with van der Waals surface area (Å²) in [7, 11) is 3.80. The Labute approximate surface area is 131 Å². The SMILES string of the molecule is Cc1cccc([C@H](C(=O)NCc2cnc(C)cn2)N(C)C)c1. The van der Waals surface area contributed by atoms with E-state index < -0.39 is 0 Å². The van der Waals surface area contributed by atoms with Crippen molar-refractivity contribution in [3.63, 3.8) is 0 Å². The van der Waals surface area contributed by atoms with Crippen LogP contribution in [0.3, 0.4) is 0 Å². The first-order chi connectivity index (χ1) is 10.5. The first kappa shape index (κ1) is 16.1. The van der Waals surface area contributed by atoms with Gasteiger partial charge in [0.1, 0.15) is 6.04 Å². The summed E-state index contributed by atoms with van der Waals surface area (Å²) in [5.41, 5.74) is 3.74. The van der Waals surface area contributed by atoms with Gasteiger partial charge >= 0.3 is 0 Å². The molecule has 1 atom stereocenters. The van der Waals surface area contributed by atoms with E-state index in [1.54, 1.807) is 12.4 Å². The number of hydrogen-bond donors (Lipinski definition) is 1. The average molecular weight is 298 g/mol. The number of aromatic nitrogens is 2. The van der Waals surface area contributed by atoms with Gasteiger partial charge < -0.3 is 5.32 Å². The molecule has 0 saturated carbocycles. The minimum absolute atomic E-state index is 0.0435. The van der Waals surface area contributed by atoms with Gasteiger partial charge in [0.15, 0.2) is 0 Å². The maximum Gasteiger partial charge on any atom is 0.242 e. The van der Waals surface area contributed by atoms with Crippen LogP contribution in [0, 0.1) is 13.8 Å². The second-order valence-electron chi connectivity index (χ2n) is 5.65. The molecule has 2 rings (SSSR count). The Balaban J connectivity index is 2.08. The van der Waals surface area contributed by atoms with Crippen molar-refractivity contribution >= 4 is 5.91 Å². The monoisotopic (exact) mass is 298 g/mol. The number of rotatable bonds is 5. The topological polar surface area (TPSA) is 58.1 Å². The van der Waals surface area contributed by atoms with Crippen LogP contribution in [0.5, 0.6) is 0 Å². The quantitative estimate of drug-likeness (QED) is 0.917. The predicted octanol–water partition coefficient (Wildman–Crippen LogP) is 2.01. The number of benzene rings is 1. The molecular weight excluding hydrogens is 276 g/mol. The van der Waals surface area contributed by atoms with Crippen molar-refractivity contribution in [2.45, 2.75) is 26.4 Å². The van der Waals surface area contributed by atoms with E-state index in [9.17, 15) is 4.79 Å². The third kappa shape index (κ3) is 4.11. The second-order valence-corrected chi connectivity index (χ2v) is 5.65. The number of likely N-dealkylation sites (N-methyl/N-ethyl adjacent to an activating group) is 1.